The van der Waals surface area contributed by atoms with Crippen molar-refractivity contribution in [1.29, 1.82) is 0 Å². The average Bonchev–Trinajstić information content (AvgIpc) is 2.70. The number of carbonyl (C=O) groups is 1. The molecule has 0 unspecified atom stereocenters. The van der Waals surface area contributed by atoms with Crippen molar-refractivity contribution in [2.45, 2.75) is 38.8 Å². The zero-order valence-electron chi connectivity index (χ0n) is 16.4. The van der Waals surface area contributed by atoms with Crippen molar-refractivity contribution in [1.82, 2.24) is 0 Å². The smallest absolute Gasteiger partial charge is 0.419 e. The number of esters is 1. The maximum Gasteiger partial charge on any atom is 0.419 e. The minimum absolute atomic E-state index is 0.200. The lowest BCUT2D eigenvalue weighted by atomic mass is 10.1. The molecule has 0 aromatic heterocycles. The van der Waals surface area contributed by atoms with Gasteiger partial charge in [0.25, 0.3) is 0 Å². The lowest BCUT2D eigenvalue weighted by Gasteiger charge is -2.15. The molecule has 0 fully saturated rings. The fourth-order valence-corrected chi connectivity index (χ4v) is 2.79. The number of hydrogen-bond donors (Lipinski definition) is 0. The van der Waals surface area contributed by atoms with E-state index in [-0.39, 0.29) is 24.5 Å². The van der Waals surface area contributed by atoms with Gasteiger partial charge in [-0.15, -0.1) is 0 Å². The summed E-state index contributed by atoms with van der Waals surface area (Å²) in [5.74, 6) is -0.800. The molecule has 6 heteroatoms. The van der Waals surface area contributed by atoms with E-state index in [0.717, 1.165) is 31.4 Å². The van der Waals surface area contributed by atoms with Crippen molar-refractivity contribution < 1.29 is 27.4 Å². The fourth-order valence-electron chi connectivity index (χ4n) is 2.79. The molecule has 3 nitrogen and oxygen atoms in total. The second-order valence-corrected chi connectivity index (χ2v) is 6.48. The van der Waals surface area contributed by atoms with Crippen LogP contribution < -0.4 is 4.74 Å². The molecule has 0 spiro atoms. The summed E-state index contributed by atoms with van der Waals surface area (Å²) >= 11 is 0. The van der Waals surface area contributed by atoms with E-state index in [1.165, 1.54) is 23.8 Å². The van der Waals surface area contributed by atoms with Gasteiger partial charge in [0.2, 0.25) is 0 Å². The van der Waals surface area contributed by atoms with Gasteiger partial charge in [0.1, 0.15) is 5.75 Å². The molecule has 0 radical (unpaired) electrons. The van der Waals surface area contributed by atoms with Gasteiger partial charge in [-0.3, -0.25) is 0 Å². The molecular weight excluding hydrogens is 381 g/mol. The number of halogens is 3. The van der Waals surface area contributed by atoms with Gasteiger partial charge in [0.05, 0.1) is 18.8 Å². The summed E-state index contributed by atoms with van der Waals surface area (Å²) < 4.78 is 50.2. The Morgan fingerprint density at radius 2 is 1.79 bits per heavy atom. The Bertz CT molecular complexity index is 799. The van der Waals surface area contributed by atoms with Crippen molar-refractivity contribution in [2.24, 2.45) is 0 Å². The Balaban J connectivity index is 1.89. The third-order valence-corrected chi connectivity index (χ3v) is 4.22. The van der Waals surface area contributed by atoms with Crippen molar-refractivity contribution in [3.63, 3.8) is 0 Å². The Hall–Kier alpha value is -2.76. The summed E-state index contributed by atoms with van der Waals surface area (Å²) in [6, 6.07) is 13.8. The fraction of sp³-hybridized carbons (Fsp3) is 0.348. The lowest BCUT2D eigenvalue weighted by Crippen LogP contribution is -2.10. The Labute approximate surface area is 169 Å². The molecule has 0 aliphatic carbocycles. The maximum absolute atomic E-state index is 13.4. The number of alkyl halides is 3. The number of carbonyl (C=O) groups excluding carboxylic acids is 1. The average molecular weight is 406 g/mol. The second kappa shape index (κ2) is 11.3. The largest absolute Gasteiger partial charge is 0.493 e. The van der Waals surface area contributed by atoms with E-state index < -0.39 is 17.7 Å². The Morgan fingerprint density at radius 1 is 1.03 bits per heavy atom. The predicted octanol–water partition coefficient (Wildman–Crippen LogP) is 6.07. The molecule has 0 saturated carbocycles. The highest BCUT2D eigenvalue weighted by Gasteiger charge is 2.34. The number of ether oxygens (including phenoxy) is 2. The summed E-state index contributed by atoms with van der Waals surface area (Å²) in [5.41, 5.74) is 0.646. The monoisotopic (exact) mass is 406 g/mol. The van der Waals surface area contributed by atoms with Gasteiger partial charge < -0.3 is 9.47 Å². The van der Waals surface area contributed by atoms with Gasteiger partial charge in [-0.05, 0) is 61.9 Å². The van der Waals surface area contributed by atoms with E-state index in [1.54, 1.807) is 6.92 Å². The van der Waals surface area contributed by atoms with E-state index in [0.29, 0.717) is 6.42 Å². The van der Waals surface area contributed by atoms with Gasteiger partial charge in [-0.25, -0.2) is 4.79 Å². The molecule has 0 atom stereocenters. The molecule has 0 amide bonds. The van der Waals surface area contributed by atoms with Crippen LogP contribution in [0.1, 0.15) is 42.9 Å². The van der Waals surface area contributed by atoms with Gasteiger partial charge in [-0.2, -0.15) is 13.2 Å². The summed E-state index contributed by atoms with van der Waals surface area (Å²) in [7, 11) is 0. The van der Waals surface area contributed by atoms with Crippen LogP contribution in [0.3, 0.4) is 0 Å². The predicted molar refractivity (Wildman–Crippen MR) is 107 cm³/mol. The molecule has 0 N–H and O–H groups in total. The highest BCUT2D eigenvalue weighted by atomic mass is 19.4. The number of aryl methyl sites for hydroxylation is 1. The van der Waals surface area contributed by atoms with E-state index in [9.17, 15) is 18.0 Å². The van der Waals surface area contributed by atoms with Crippen molar-refractivity contribution in [2.75, 3.05) is 13.2 Å². The number of rotatable bonds is 10. The highest BCUT2D eigenvalue weighted by molar-refractivity contribution is 5.87. The summed E-state index contributed by atoms with van der Waals surface area (Å²) in [6.45, 7) is 2.08. The molecule has 29 heavy (non-hydrogen) atoms. The van der Waals surface area contributed by atoms with Crippen molar-refractivity contribution >= 4 is 12.0 Å². The van der Waals surface area contributed by atoms with Gasteiger partial charge in [0, 0.05) is 6.08 Å². The van der Waals surface area contributed by atoms with Crippen LogP contribution in [-0.2, 0) is 22.1 Å². The third-order valence-electron chi connectivity index (χ3n) is 4.22. The quantitative estimate of drug-likeness (QED) is 0.273. The van der Waals surface area contributed by atoms with Crippen LogP contribution in [0.5, 0.6) is 5.75 Å². The molecule has 0 heterocycles. The standard InChI is InChI=1S/C23H25F3O3/c1-2-28-22(27)15-13-19-12-14-21(20(17-19)23(24,25)26)29-16-8-4-7-11-18-9-5-3-6-10-18/h3,5-6,9-10,12-15,17H,2,4,7-8,11,16H2,1H3/b15-13-. The van der Waals surface area contributed by atoms with Crippen LogP contribution in [-0.4, -0.2) is 19.2 Å². The second-order valence-electron chi connectivity index (χ2n) is 6.48. The molecule has 2 rings (SSSR count). The molecule has 0 aliphatic heterocycles. The molecule has 0 saturated heterocycles. The summed E-state index contributed by atoms with van der Waals surface area (Å²) in [4.78, 5) is 11.3. The van der Waals surface area contributed by atoms with E-state index in [4.69, 9.17) is 9.47 Å². The minimum Gasteiger partial charge on any atom is -0.493 e. The zero-order valence-corrected chi connectivity index (χ0v) is 16.4. The molecule has 0 aliphatic rings. The minimum atomic E-state index is -4.55. The van der Waals surface area contributed by atoms with Crippen LogP contribution in [0.2, 0.25) is 0 Å². The van der Waals surface area contributed by atoms with Crippen LogP contribution in [0, 0.1) is 0 Å². The van der Waals surface area contributed by atoms with E-state index in [2.05, 4.69) is 12.1 Å². The normalized spacial score (nSPS) is 11.6. The number of benzene rings is 2. The Kier molecular flexibility index (Phi) is 8.77. The molecular formula is C23H25F3O3. The highest BCUT2D eigenvalue weighted by Crippen LogP contribution is 2.37. The van der Waals surface area contributed by atoms with Crippen LogP contribution in [0.15, 0.2) is 54.6 Å². The molecule has 2 aromatic rings. The number of hydrogen-bond acceptors (Lipinski definition) is 3. The third kappa shape index (κ3) is 8.02. The maximum atomic E-state index is 13.4. The molecule has 156 valence electrons. The number of unbranched alkanes of at least 4 members (excludes halogenated alkanes) is 2. The van der Waals surface area contributed by atoms with Gasteiger partial charge >= 0.3 is 12.1 Å². The van der Waals surface area contributed by atoms with Crippen LogP contribution in [0.25, 0.3) is 6.08 Å². The summed E-state index contributed by atoms with van der Waals surface area (Å²) in [5, 5.41) is 0. The van der Waals surface area contributed by atoms with E-state index in [1.807, 2.05) is 18.2 Å². The topological polar surface area (TPSA) is 35.5 Å². The molecule has 2 aromatic carbocycles. The lowest BCUT2D eigenvalue weighted by molar-refractivity contribution is -0.139. The SMILES string of the molecule is CCOC(=O)/C=C\c1ccc(OCCCCCc2ccccc2)c(C(F)(F)F)c1. The first-order valence-electron chi connectivity index (χ1n) is 9.63. The first kappa shape index (κ1) is 22.5. The van der Waals surface area contributed by atoms with Gasteiger partial charge in [-0.1, -0.05) is 36.4 Å². The van der Waals surface area contributed by atoms with Crippen molar-refractivity contribution in [3.8, 4) is 5.75 Å². The van der Waals surface area contributed by atoms with Crippen LogP contribution in [0.4, 0.5) is 13.2 Å². The van der Waals surface area contributed by atoms with Crippen LogP contribution >= 0.6 is 0 Å². The summed E-state index contributed by atoms with van der Waals surface area (Å²) in [6.07, 6.45) is 1.29. The zero-order chi connectivity index (χ0) is 21.1. The van der Waals surface area contributed by atoms with Crippen molar-refractivity contribution in [3.05, 3.63) is 71.3 Å². The molecule has 0 bridgehead atoms. The first-order chi connectivity index (χ1) is 13.9. The van der Waals surface area contributed by atoms with E-state index >= 15 is 0 Å². The van der Waals surface area contributed by atoms with Gasteiger partial charge in [0.15, 0.2) is 0 Å². The first-order valence-corrected chi connectivity index (χ1v) is 9.63. The Morgan fingerprint density at radius 3 is 2.48 bits per heavy atom.